The van der Waals surface area contributed by atoms with Gasteiger partial charge in [-0.15, -0.1) is 0 Å². The largest absolute Gasteiger partial charge is 0.490 e. The lowest BCUT2D eigenvalue weighted by molar-refractivity contribution is 0.0455. The van der Waals surface area contributed by atoms with Gasteiger partial charge in [0, 0.05) is 35.7 Å². The first-order chi connectivity index (χ1) is 22.1. The number of nitrogens with zero attached hydrogens (tertiary/aromatic N) is 1. The van der Waals surface area contributed by atoms with Crippen molar-refractivity contribution in [2.45, 2.75) is 87.6 Å². The number of benzene rings is 2. The van der Waals surface area contributed by atoms with Crippen LogP contribution in [0.1, 0.15) is 79.8 Å². The molecule has 0 radical (unpaired) electrons. The number of hydrogen-bond acceptors (Lipinski definition) is 7. The summed E-state index contributed by atoms with van der Waals surface area (Å²) in [4.78, 5) is 16.0. The summed E-state index contributed by atoms with van der Waals surface area (Å²) < 4.78 is 42.5. The van der Waals surface area contributed by atoms with Crippen molar-refractivity contribution in [3.05, 3.63) is 70.3 Å². The minimum atomic E-state index is -4.04. The topological polar surface area (TPSA) is 105 Å². The lowest BCUT2D eigenvalue weighted by atomic mass is 9.68. The van der Waals surface area contributed by atoms with Gasteiger partial charge in [-0.25, -0.2) is 13.1 Å². The van der Waals surface area contributed by atoms with Gasteiger partial charge in [0.2, 0.25) is 10.0 Å². The van der Waals surface area contributed by atoms with Crippen LogP contribution in [0.3, 0.4) is 0 Å². The van der Waals surface area contributed by atoms with Gasteiger partial charge < -0.3 is 19.5 Å². The van der Waals surface area contributed by atoms with E-state index < -0.39 is 27.3 Å². The Bertz CT molecular complexity index is 1610. The highest BCUT2D eigenvalue weighted by Crippen LogP contribution is 2.47. The van der Waals surface area contributed by atoms with Crippen LogP contribution in [-0.4, -0.2) is 63.2 Å². The zero-order valence-electron chi connectivity index (χ0n) is 26.5. The molecule has 0 aromatic heterocycles. The number of allylic oxidation sites excluding steroid dienone is 1. The second-order valence-electron chi connectivity index (χ2n) is 14.3. The van der Waals surface area contributed by atoms with Crippen molar-refractivity contribution in [3.8, 4) is 5.75 Å². The maximum absolute atomic E-state index is 13.9. The number of amides is 1. The summed E-state index contributed by atoms with van der Waals surface area (Å²) in [5, 5.41) is 11.2. The van der Waals surface area contributed by atoms with Crippen LogP contribution in [0.5, 0.6) is 5.75 Å². The van der Waals surface area contributed by atoms with Crippen molar-refractivity contribution in [2.75, 3.05) is 31.2 Å². The van der Waals surface area contributed by atoms with Crippen LogP contribution >= 0.6 is 11.6 Å². The Balaban J connectivity index is 1.27. The SMILES string of the molecule is C[C@@H]1C/C=C/[C@H](O)[C@@H]2CC[C@H]2CN2C[C@@]3(CCCc4cc(Cl)ccc43)COc3ccc(cc32)C(=O)NS(=O)(=O)[C@H]1C[C@H]1CCCO1. The zero-order chi connectivity index (χ0) is 32.1. The first-order valence-electron chi connectivity index (χ1n) is 16.9. The molecule has 10 heteroatoms. The molecule has 2 aromatic carbocycles. The zero-order valence-corrected chi connectivity index (χ0v) is 28.1. The molecule has 2 N–H and O–H groups in total. The third-order valence-electron chi connectivity index (χ3n) is 11.3. The molecule has 3 aliphatic heterocycles. The summed E-state index contributed by atoms with van der Waals surface area (Å²) in [6, 6.07) is 11.4. The van der Waals surface area contributed by atoms with Gasteiger partial charge in [0.05, 0.1) is 29.8 Å². The summed E-state index contributed by atoms with van der Waals surface area (Å²) in [5.41, 5.74) is 3.31. The highest BCUT2D eigenvalue weighted by atomic mass is 35.5. The average molecular weight is 669 g/mol. The Hall–Kier alpha value is -2.59. The fraction of sp³-hybridized carbons (Fsp3) is 0.583. The third-order valence-corrected chi connectivity index (χ3v) is 13.5. The number of anilines is 1. The van der Waals surface area contributed by atoms with E-state index in [9.17, 15) is 18.3 Å². The van der Waals surface area contributed by atoms with Gasteiger partial charge in [-0.3, -0.25) is 4.79 Å². The Morgan fingerprint density at radius 2 is 2.00 bits per heavy atom. The third kappa shape index (κ3) is 6.20. The molecule has 248 valence electrons. The molecular weight excluding hydrogens is 624 g/mol. The van der Waals surface area contributed by atoms with Crippen LogP contribution in [0.15, 0.2) is 48.6 Å². The Morgan fingerprint density at radius 3 is 2.78 bits per heavy atom. The monoisotopic (exact) mass is 668 g/mol. The van der Waals surface area contributed by atoms with Gasteiger partial charge in [-0.05, 0) is 117 Å². The molecular formula is C36H45ClN2O6S. The van der Waals surface area contributed by atoms with Gasteiger partial charge in [0.15, 0.2) is 0 Å². The molecule has 5 aliphatic rings. The summed E-state index contributed by atoms with van der Waals surface area (Å²) in [6.45, 7) is 4.42. The van der Waals surface area contributed by atoms with Crippen molar-refractivity contribution in [3.63, 3.8) is 0 Å². The Kier molecular flexibility index (Phi) is 8.89. The second kappa shape index (κ2) is 12.8. The van der Waals surface area contributed by atoms with Crippen LogP contribution in [0.2, 0.25) is 5.02 Å². The van der Waals surface area contributed by atoms with Crippen LogP contribution < -0.4 is 14.4 Å². The molecule has 46 heavy (non-hydrogen) atoms. The highest BCUT2D eigenvalue weighted by Gasteiger charge is 2.44. The van der Waals surface area contributed by atoms with Gasteiger partial charge >= 0.3 is 0 Å². The summed E-state index contributed by atoms with van der Waals surface area (Å²) in [7, 11) is -4.04. The highest BCUT2D eigenvalue weighted by molar-refractivity contribution is 7.90. The van der Waals surface area contributed by atoms with E-state index in [1.54, 1.807) is 18.2 Å². The maximum Gasteiger partial charge on any atom is 0.264 e. The molecule has 1 amide bonds. The predicted molar refractivity (Wildman–Crippen MR) is 179 cm³/mol. The van der Waals surface area contributed by atoms with Crippen LogP contribution in [0.4, 0.5) is 5.69 Å². The standard InChI is InChI=1S/C36H45ClN2O6S/c1-23-5-2-8-32(40)29-12-9-26(29)20-39-21-36(15-3-6-24-17-27(37)11-13-30(24)36)22-45-33-14-10-25(18-31(33)39)35(41)38-46(42,43)34(23)19-28-7-4-16-44-28/h2,8,10-11,13-14,17-18,23,26,28-29,32,34,40H,3-7,9,12,15-16,19-22H2,1H3,(H,38,41)/b8-2+/t23-,26+,28-,29-,32+,34+,36+/m1/s1. The number of sulfonamides is 1. The van der Waals surface area contributed by atoms with E-state index in [4.69, 9.17) is 21.1 Å². The van der Waals surface area contributed by atoms with E-state index in [1.165, 1.54) is 11.1 Å². The van der Waals surface area contributed by atoms with Crippen LogP contribution in [0, 0.1) is 17.8 Å². The first-order valence-corrected chi connectivity index (χ1v) is 18.9. The number of nitrogens with one attached hydrogen (secondary N) is 1. The summed E-state index contributed by atoms with van der Waals surface area (Å²) >= 11 is 6.41. The number of halogens is 1. The van der Waals surface area contributed by atoms with Crippen molar-refractivity contribution in [2.24, 2.45) is 17.8 Å². The number of carbonyl (C=O) groups excluding carboxylic acids is 1. The maximum atomic E-state index is 13.9. The van der Waals surface area contributed by atoms with Crippen LogP contribution in [-0.2, 0) is 26.6 Å². The van der Waals surface area contributed by atoms with E-state index in [0.717, 1.165) is 55.7 Å². The molecule has 3 heterocycles. The minimum absolute atomic E-state index is 0.110. The molecule has 8 nitrogen and oxygen atoms in total. The Morgan fingerprint density at radius 1 is 1.13 bits per heavy atom. The molecule has 1 saturated heterocycles. The molecule has 0 unspecified atom stereocenters. The molecule has 1 spiro atoms. The van der Waals surface area contributed by atoms with E-state index in [-0.39, 0.29) is 34.8 Å². The number of aliphatic hydroxyl groups excluding tert-OH is 1. The molecule has 2 aromatic rings. The molecule has 1 saturated carbocycles. The number of rotatable bonds is 2. The first kappa shape index (κ1) is 32.0. The summed E-state index contributed by atoms with van der Waals surface area (Å²) in [6.07, 6.45) is 10.4. The molecule has 7 rings (SSSR count). The van der Waals surface area contributed by atoms with Crippen molar-refractivity contribution in [1.29, 1.82) is 0 Å². The molecule has 2 aliphatic carbocycles. The van der Waals surface area contributed by atoms with E-state index in [2.05, 4.69) is 21.8 Å². The quantitative estimate of drug-likeness (QED) is 0.390. The van der Waals surface area contributed by atoms with Gasteiger partial charge in [0.25, 0.3) is 5.91 Å². The second-order valence-corrected chi connectivity index (χ2v) is 16.6. The normalized spacial score (nSPS) is 34.8. The van der Waals surface area contributed by atoms with Gasteiger partial charge in [0.1, 0.15) is 5.75 Å². The number of hydrogen-bond donors (Lipinski definition) is 2. The fourth-order valence-electron chi connectivity index (χ4n) is 8.55. The smallest absolute Gasteiger partial charge is 0.264 e. The number of ether oxygens (including phenoxy) is 2. The minimum Gasteiger partial charge on any atom is -0.490 e. The fourth-order valence-corrected chi connectivity index (χ4v) is 10.5. The molecule has 2 bridgehead atoms. The molecule has 7 atom stereocenters. The van der Waals surface area contributed by atoms with E-state index in [0.29, 0.717) is 44.9 Å². The van der Waals surface area contributed by atoms with Crippen molar-refractivity contribution >= 4 is 33.2 Å². The van der Waals surface area contributed by atoms with Gasteiger partial charge in [-0.1, -0.05) is 36.7 Å². The summed E-state index contributed by atoms with van der Waals surface area (Å²) in [5.74, 6) is 0.149. The number of carbonyl (C=O) groups is 1. The number of fused-ring (bicyclic) bond motifs is 4. The molecule has 2 fully saturated rings. The lowest BCUT2D eigenvalue weighted by Crippen LogP contribution is -2.49. The van der Waals surface area contributed by atoms with E-state index >= 15 is 0 Å². The van der Waals surface area contributed by atoms with E-state index in [1.807, 2.05) is 25.1 Å². The van der Waals surface area contributed by atoms with Crippen molar-refractivity contribution in [1.82, 2.24) is 4.72 Å². The predicted octanol–water partition coefficient (Wildman–Crippen LogP) is 5.79. The Labute approximate surface area is 277 Å². The number of aryl methyl sites for hydroxylation is 1. The van der Waals surface area contributed by atoms with Crippen molar-refractivity contribution < 1.29 is 27.8 Å². The lowest BCUT2D eigenvalue weighted by Gasteiger charge is -2.45. The van der Waals surface area contributed by atoms with Gasteiger partial charge in [-0.2, -0.15) is 0 Å². The number of aliphatic hydroxyl groups is 1. The average Bonchev–Trinajstić information content (AvgIpc) is 3.47. The van der Waals surface area contributed by atoms with Crippen LogP contribution in [0.25, 0.3) is 0 Å².